The highest BCUT2D eigenvalue weighted by Crippen LogP contribution is 2.33. The largest absolute Gasteiger partial charge is 0.337 e. The summed E-state index contributed by atoms with van der Waals surface area (Å²) in [5.74, 6) is 1.56. The average Bonchev–Trinajstić information content (AvgIpc) is 3.38. The van der Waals surface area contributed by atoms with E-state index in [1.807, 2.05) is 24.2 Å². The summed E-state index contributed by atoms with van der Waals surface area (Å²) in [4.78, 5) is 26.4. The van der Waals surface area contributed by atoms with Crippen molar-refractivity contribution in [2.45, 2.75) is 38.0 Å². The SMILES string of the molecule is Cn1c([C@H]2CCN(C(=O)c3cc4c(s3)CCCC4)C2)nc2ccncc21. The molecule has 1 amide bonds. The van der Waals surface area contributed by atoms with Gasteiger partial charge in [0.2, 0.25) is 0 Å². The van der Waals surface area contributed by atoms with E-state index in [4.69, 9.17) is 4.98 Å². The molecule has 134 valence electrons. The summed E-state index contributed by atoms with van der Waals surface area (Å²) in [6.45, 7) is 1.57. The molecular formula is C20H22N4OS. The number of aromatic nitrogens is 3. The number of carbonyl (C=O) groups excluding carboxylic acids is 1. The Bertz CT molecular complexity index is 966. The number of thiophene rings is 1. The third kappa shape index (κ3) is 2.55. The van der Waals surface area contributed by atoms with Gasteiger partial charge < -0.3 is 9.47 Å². The lowest BCUT2D eigenvalue weighted by Crippen LogP contribution is -2.28. The van der Waals surface area contributed by atoms with Crippen molar-refractivity contribution in [3.05, 3.63) is 45.7 Å². The monoisotopic (exact) mass is 366 g/mol. The zero-order valence-electron chi connectivity index (χ0n) is 14.9. The van der Waals surface area contributed by atoms with Crippen LogP contribution in [0.15, 0.2) is 24.5 Å². The van der Waals surface area contributed by atoms with Crippen LogP contribution in [0.4, 0.5) is 0 Å². The summed E-state index contributed by atoms with van der Waals surface area (Å²) in [6, 6.07) is 4.10. The molecular weight excluding hydrogens is 344 g/mol. The maximum absolute atomic E-state index is 13.0. The zero-order chi connectivity index (χ0) is 17.7. The highest BCUT2D eigenvalue weighted by molar-refractivity contribution is 7.14. The molecule has 6 heteroatoms. The van der Waals surface area contributed by atoms with Crippen LogP contribution in [0.25, 0.3) is 11.0 Å². The lowest BCUT2D eigenvalue weighted by atomic mass is 9.99. The first-order valence-corrected chi connectivity index (χ1v) is 10.2. The first-order chi connectivity index (χ1) is 12.7. The van der Waals surface area contributed by atoms with Gasteiger partial charge in [-0.15, -0.1) is 11.3 Å². The maximum atomic E-state index is 13.0. The molecule has 0 aromatic carbocycles. The number of imidazole rings is 1. The molecule has 0 saturated carbocycles. The van der Waals surface area contributed by atoms with Gasteiger partial charge in [-0.2, -0.15) is 0 Å². The van der Waals surface area contributed by atoms with Gasteiger partial charge in [-0.05, 0) is 49.8 Å². The molecule has 0 bridgehead atoms. The van der Waals surface area contributed by atoms with Gasteiger partial charge in [0.25, 0.3) is 5.91 Å². The minimum Gasteiger partial charge on any atom is -0.337 e. The molecule has 1 atom stereocenters. The van der Waals surface area contributed by atoms with Gasteiger partial charge in [-0.3, -0.25) is 9.78 Å². The lowest BCUT2D eigenvalue weighted by Gasteiger charge is -2.15. The third-order valence-electron chi connectivity index (χ3n) is 5.77. The van der Waals surface area contributed by atoms with E-state index in [1.54, 1.807) is 17.5 Å². The minimum atomic E-state index is 0.201. The van der Waals surface area contributed by atoms with Gasteiger partial charge in [0.1, 0.15) is 5.82 Å². The molecule has 0 unspecified atom stereocenters. The number of hydrogen-bond donors (Lipinski definition) is 0. The minimum absolute atomic E-state index is 0.201. The fourth-order valence-electron chi connectivity index (χ4n) is 4.33. The first-order valence-electron chi connectivity index (χ1n) is 9.38. The van der Waals surface area contributed by atoms with E-state index in [-0.39, 0.29) is 5.91 Å². The van der Waals surface area contributed by atoms with Crippen molar-refractivity contribution in [3.8, 4) is 0 Å². The van der Waals surface area contributed by atoms with Crippen LogP contribution in [-0.4, -0.2) is 38.4 Å². The number of pyridine rings is 1. The van der Waals surface area contributed by atoms with E-state index in [0.717, 1.165) is 54.1 Å². The van der Waals surface area contributed by atoms with Crippen molar-refractivity contribution in [2.75, 3.05) is 13.1 Å². The van der Waals surface area contributed by atoms with Crippen molar-refractivity contribution in [2.24, 2.45) is 7.05 Å². The fourth-order valence-corrected chi connectivity index (χ4v) is 5.55. The van der Waals surface area contributed by atoms with Gasteiger partial charge in [0.05, 0.1) is 22.1 Å². The Balaban J connectivity index is 1.37. The highest BCUT2D eigenvalue weighted by Gasteiger charge is 2.32. The number of rotatable bonds is 2. The van der Waals surface area contributed by atoms with Crippen molar-refractivity contribution < 1.29 is 4.79 Å². The smallest absolute Gasteiger partial charge is 0.263 e. The number of amides is 1. The predicted molar refractivity (Wildman–Crippen MR) is 103 cm³/mol. The first kappa shape index (κ1) is 16.0. The van der Waals surface area contributed by atoms with E-state index in [2.05, 4.69) is 15.6 Å². The molecule has 2 aliphatic rings. The zero-order valence-corrected chi connectivity index (χ0v) is 15.8. The summed E-state index contributed by atoms with van der Waals surface area (Å²) < 4.78 is 2.13. The quantitative estimate of drug-likeness (QED) is 0.697. The summed E-state index contributed by atoms with van der Waals surface area (Å²) in [5.41, 5.74) is 3.44. The second kappa shape index (κ2) is 6.20. The van der Waals surface area contributed by atoms with Crippen molar-refractivity contribution in [3.63, 3.8) is 0 Å². The lowest BCUT2D eigenvalue weighted by molar-refractivity contribution is 0.0795. The molecule has 0 spiro atoms. The molecule has 5 nitrogen and oxygen atoms in total. The number of hydrogen-bond acceptors (Lipinski definition) is 4. The number of fused-ring (bicyclic) bond motifs is 2. The number of nitrogens with zero attached hydrogens (tertiary/aromatic N) is 4. The van der Waals surface area contributed by atoms with Gasteiger partial charge in [0.15, 0.2) is 0 Å². The van der Waals surface area contributed by atoms with Gasteiger partial charge in [-0.25, -0.2) is 4.98 Å². The normalized spacial score (nSPS) is 19.9. The standard InChI is InChI=1S/C20H22N4OS/c1-23-16-11-21-8-6-15(16)22-19(23)14-7-9-24(12-14)20(25)18-10-13-4-2-3-5-17(13)26-18/h6,8,10-11,14H,2-5,7,9,12H2,1H3/t14-/m0/s1. The Morgan fingerprint density at radius 1 is 1.31 bits per heavy atom. The Morgan fingerprint density at radius 2 is 2.19 bits per heavy atom. The van der Waals surface area contributed by atoms with Crippen LogP contribution in [0.5, 0.6) is 0 Å². The third-order valence-corrected chi connectivity index (χ3v) is 6.99. The Morgan fingerprint density at radius 3 is 3.04 bits per heavy atom. The molecule has 4 heterocycles. The molecule has 1 aliphatic carbocycles. The molecule has 0 radical (unpaired) electrons. The maximum Gasteiger partial charge on any atom is 0.263 e. The van der Waals surface area contributed by atoms with E-state index in [9.17, 15) is 4.79 Å². The van der Waals surface area contributed by atoms with Crippen molar-refractivity contribution in [1.82, 2.24) is 19.4 Å². The summed E-state index contributed by atoms with van der Waals surface area (Å²) in [6.07, 6.45) is 9.40. The van der Waals surface area contributed by atoms with Crippen LogP contribution >= 0.6 is 11.3 Å². The van der Waals surface area contributed by atoms with Crippen LogP contribution in [-0.2, 0) is 19.9 Å². The number of likely N-dealkylation sites (tertiary alicyclic amines) is 1. The van der Waals surface area contributed by atoms with Crippen LogP contribution in [0.2, 0.25) is 0 Å². The average molecular weight is 366 g/mol. The Labute approximate surface area is 156 Å². The summed E-state index contributed by atoms with van der Waals surface area (Å²) >= 11 is 1.71. The fraction of sp³-hybridized carbons (Fsp3) is 0.450. The molecule has 5 rings (SSSR count). The second-order valence-corrected chi connectivity index (χ2v) is 8.53. The Hall–Kier alpha value is -2.21. The van der Waals surface area contributed by atoms with Gasteiger partial charge >= 0.3 is 0 Å². The molecule has 1 fully saturated rings. The Kier molecular flexibility index (Phi) is 3.81. The van der Waals surface area contributed by atoms with Crippen molar-refractivity contribution in [1.29, 1.82) is 0 Å². The van der Waals surface area contributed by atoms with E-state index < -0.39 is 0 Å². The molecule has 1 saturated heterocycles. The van der Waals surface area contributed by atoms with Crippen molar-refractivity contribution >= 4 is 28.3 Å². The highest BCUT2D eigenvalue weighted by atomic mass is 32.1. The van der Waals surface area contributed by atoms with Gasteiger partial charge in [0, 0.05) is 37.1 Å². The van der Waals surface area contributed by atoms with E-state index in [0.29, 0.717) is 5.92 Å². The van der Waals surface area contributed by atoms with Crippen LogP contribution in [0.3, 0.4) is 0 Å². The topological polar surface area (TPSA) is 51.0 Å². The van der Waals surface area contributed by atoms with Crippen LogP contribution in [0.1, 0.15) is 51.1 Å². The summed E-state index contributed by atoms with van der Waals surface area (Å²) in [5, 5.41) is 0. The molecule has 26 heavy (non-hydrogen) atoms. The molecule has 1 aliphatic heterocycles. The second-order valence-electron chi connectivity index (χ2n) is 7.40. The predicted octanol–water partition coefficient (Wildman–Crippen LogP) is 3.54. The van der Waals surface area contributed by atoms with Crippen LogP contribution in [0, 0.1) is 0 Å². The van der Waals surface area contributed by atoms with E-state index in [1.165, 1.54) is 23.3 Å². The molecule has 0 N–H and O–H groups in total. The van der Waals surface area contributed by atoms with Crippen LogP contribution < -0.4 is 0 Å². The number of carbonyl (C=O) groups is 1. The number of aryl methyl sites for hydroxylation is 3. The molecule has 3 aromatic rings. The van der Waals surface area contributed by atoms with E-state index >= 15 is 0 Å². The molecule has 3 aromatic heterocycles. The van der Waals surface area contributed by atoms with Gasteiger partial charge in [-0.1, -0.05) is 0 Å². The summed E-state index contributed by atoms with van der Waals surface area (Å²) in [7, 11) is 2.05.